The summed E-state index contributed by atoms with van der Waals surface area (Å²) in [7, 11) is 1.92. The number of carbonyl (C=O) groups excluding carboxylic acids is 1. The Labute approximate surface area is 194 Å². The zero-order valence-electron chi connectivity index (χ0n) is 19.7. The second-order valence-corrected chi connectivity index (χ2v) is 8.72. The van der Waals surface area contributed by atoms with Crippen molar-refractivity contribution in [2.24, 2.45) is 13.0 Å². The van der Waals surface area contributed by atoms with Gasteiger partial charge < -0.3 is 10.2 Å². The normalized spacial score (nSPS) is 16.4. The average Bonchev–Trinajstić information content (AvgIpc) is 3.03. The van der Waals surface area contributed by atoms with Crippen molar-refractivity contribution in [1.82, 2.24) is 29.6 Å². The molecule has 0 saturated carbocycles. The summed E-state index contributed by atoms with van der Waals surface area (Å²) in [5.41, 5.74) is 4.93. The number of nitrogens with one attached hydrogen (secondary N) is 1. The van der Waals surface area contributed by atoms with Crippen molar-refractivity contribution >= 4 is 23.6 Å². The molecule has 1 aliphatic heterocycles. The number of anilines is 2. The van der Waals surface area contributed by atoms with Gasteiger partial charge in [-0.05, 0) is 64.2 Å². The summed E-state index contributed by atoms with van der Waals surface area (Å²) in [6.07, 6.45) is 8.05. The molecule has 1 fully saturated rings. The number of aryl methyl sites for hydroxylation is 3. The first kappa shape index (κ1) is 22.6. The third kappa shape index (κ3) is 5.63. The van der Waals surface area contributed by atoms with Crippen molar-refractivity contribution in [3.8, 4) is 0 Å². The van der Waals surface area contributed by atoms with Crippen LogP contribution in [0.4, 0.5) is 11.6 Å². The fourth-order valence-corrected chi connectivity index (χ4v) is 4.34. The van der Waals surface area contributed by atoms with E-state index in [0.29, 0.717) is 5.92 Å². The molecular formula is C25H31N7O. The largest absolute Gasteiger partial charge is 0.339 e. The molecule has 1 aliphatic rings. The fourth-order valence-electron chi connectivity index (χ4n) is 4.34. The van der Waals surface area contributed by atoms with Crippen LogP contribution in [0.1, 0.15) is 41.2 Å². The van der Waals surface area contributed by atoms with Gasteiger partial charge in [0.1, 0.15) is 18.0 Å². The van der Waals surface area contributed by atoms with Gasteiger partial charge >= 0.3 is 0 Å². The zero-order valence-corrected chi connectivity index (χ0v) is 19.7. The van der Waals surface area contributed by atoms with Gasteiger partial charge in [0, 0.05) is 54.9 Å². The van der Waals surface area contributed by atoms with Gasteiger partial charge in [-0.3, -0.25) is 9.48 Å². The highest BCUT2D eigenvalue weighted by Crippen LogP contribution is 2.22. The van der Waals surface area contributed by atoms with Gasteiger partial charge in [-0.15, -0.1) is 0 Å². The van der Waals surface area contributed by atoms with Crippen molar-refractivity contribution in [3.63, 3.8) is 0 Å². The fraction of sp³-hybridized carbons (Fsp3) is 0.400. The second-order valence-electron chi connectivity index (χ2n) is 8.72. The lowest BCUT2D eigenvalue weighted by Crippen LogP contribution is -2.39. The Balaban J connectivity index is 1.38. The Morgan fingerprint density at radius 1 is 1.21 bits per heavy atom. The molecule has 1 amide bonds. The number of piperidine rings is 1. The molecule has 0 aliphatic carbocycles. The molecule has 8 nitrogen and oxygen atoms in total. The number of aromatic nitrogens is 5. The maximum atomic E-state index is 12.9. The third-order valence-electron chi connectivity index (χ3n) is 6.15. The summed E-state index contributed by atoms with van der Waals surface area (Å²) in [4.78, 5) is 28.1. The monoisotopic (exact) mass is 445 g/mol. The lowest BCUT2D eigenvalue weighted by atomic mass is 9.93. The molecule has 1 N–H and O–H groups in total. The summed E-state index contributed by atoms with van der Waals surface area (Å²) < 4.78 is 1.84. The van der Waals surface area contributed by atoms with E-state index in [1.807, 2.05) is 67.7 Å². The predicted molar refractivity (Wildman–Crippen MR) is 129 cm³/mol. The van der Waals surface area contributed by atoms with Gasteiger partial charge in [0.25, 0.3) is 0 Å². The molecule has 3 aromatic rings. The van der Waals surface area contributed by atoms with E-state index in [4.69, 9.17) is 0 Å². The molecule has 1 saturated heterocycles. The number of pyridine rings is 1. The van der Waals surface area contributed by atoms with E-state index >= 15 is 0 Å². The molecule has 8 heteroatoms. The van der Waals surface area contributed by atoms with Crippen LogP contribution in [-0.2, 0) is 18.3 Å². The highest BCUT2D eigenvalue weighted by Gasteiger charge is 2.23. The van der Waals surface area contributed by atoms with Gasteiger partial charge in [-0.1, -0.05) is 6.07 Å². The molecule has 33 heavy (non-hydrogen) atoms. The Bertz CT molecular complexity index is 1170. The van der Waals surface area contributed by atoms with E-state index in [1.165, 1.54) is 0 Å². The Morgan fingerprint density at radius 3 is 2.82 bits per heavy atom. The van der Waals surface area contributed by atoms with Crippen molar-refractivity contribution < 1.29 is 4.79 Å². The predicted octanol–water partition coefficient (Wildman–Crippen LogP) is 3.77. The molecule has 3 aromatic heterocycles. The minimum atomic E-state index is 0.0536. The first-order valence-corrected chi connectivity index (χ1v) is 11.4. The highest BCUT2D eigenvalue weighted by atomic mass is 16.2. The maximum Gasteiger partial charge on any atom is 0.246 e. The van der Waals surface area contributed by atoms with Crippen LogP contribution in [0, 0.1) is 26.7 Å². The first-order valence-electron chi connectivity index (χ1n) is 11.4. The molecule has 0 radical (unpaired) electrons. The Kier molecular flexibility index (Phi) is 6.82. The van der Waals surface area contributed by atoms with Crippen LogP contribution in [0.15, 0.2) is 36.7 Å². The molecule has 0 aromatic carbocycles. The van der Waals surface area contributed by atoms with Gasteiger partial charge in [0.15, 0.2) is 0 Å². The van der Waals surface area contributed by atoms with Gasteiger partial charge in [-0.25, -0.2) is 15.0 Å². The van der Waals surface area contributed by atoms with Gasteiger partial charge in [-0.2, -0.15) is 5.10 Å². The SMILES string of the molecule is Cc1cccc(Nc2cc(CC3CCCN(C(=O)/C=C/c4c(C)nn(C)c4C)C3)ncn2)n1. The molecule has 172 valence electrons. The number of carbonyl (C=O) groups is 1. The maximum absolute atomic E-state index is 12.9. The van der Waals surface area contributed by atoms with E-state index in [1.54, 1.807) is 12.4 Å². The zero-order chi connectivity index (χ0) is 23.4. The van der Waals surface area contributed by atoms with E-state index < -0.39 is 0 Å². The van der Waals surface area contributed by atoms with Crippen LogP contribution in [0.5, 0.6) is 0 Å². The van der Waals surface area contributed by atoms with Crippen molar-refractivity contribution in [2.45, 2.75) is 40.0 Å². The summed E-state index contributed by atoms with van der Waals surface area (Å²) in [5, 5.41) is 7.67. The first-order chi connectivity index (χ1) is 15.9. The summed E-state index contributed by atoms with van der Waals surface area (Å²) >= 11 is 0. The molecule has 0 spiro atoms. The van der Waals surface area contributed by atoms with Crippen LogP contribution in [-0.4, -0.2) is 48.6 Å². The summed E-state index contributed by atoms with van der Waals surface area (Å²) in [6.45, 7) is 7.47. The molecule has 0 bridgehead atoms. The van der Waals surface area contributed by atoms with Gasteiger partial charge in [0.05, 0.1) is 5.69 Å². The van der Waals surface area contributed by atoms with Crippen molar-refractivity contribution in [2.75, 3.05) is 18.4 Å². The van der Waals surface area contributed by atoms with Gasteiger partial charge in [0.2, 0.25) is 5.91 Å². The van der Waals surface area contributed by atoms with Crippen LogP contribution in [0.25, 0.3) is 6.08 Å². The van der Waals surface area contributed by atoms with Crippen LogP contribution < -0.4 is 5.32 Å². The average molecular weight is 446 g/mol. The molecule has 1 unspecified atom stereocenters. The molecule has 4 heterocycles. The smallest absolute Gasteiger partial charge is 0.246 e. The van der Waals surface area contributed by atoms with E-state index in [0.717, 1.165) is 72.3 Å². The van der Waals surface area contributed by atoms with Crippen LogP contribution in [0.2, 0.25) is 0 Å². The van der Waals surface area contributed by atoms with Crippen LogP contribution >= 0.6 is 0 Å². The Morgan fingerprint density at radius 2 is 2.06 bits per heavy atom. The quantitative estimate of drug-likeness (QED) is 0.581. The molecular weight excluding hydrogens is 414 g/mol. The van der Waals surface area contributed by atoms with Crippen molar-refractivity contribution in [3.05, 3.63) is 65.0 Å². The number of nitrogens with zero attached hydrogens (tertiary/aromatic N) is 6. The number of likely N-dealkylation sites (tertiary alicyclic amines) is 1. The number of hydrogen-bond donors (Lipinski definition) is 1. The number of amides is 1. The highest BCUT2D eigenvalue weighted by molar-refractivity contribution is 5.92. The topological polar surface area (TPSA) is 88.8 Å². The number of rotatable bonds is 6. The minimum Gasteiger partial charge on any atom is -0.339 e. The molecule has 1 atom stereocenters. The standard InChI is InChI=1S/C25H31N7O/c1-17-7-5-9-23(28-17)29-24-14-21(26-16-27-24)13-20-8-6-12-32(15-20)25(33)11-10-22-18(2)30-31(4)19(22)3/h5,7,9-11,14,16,20H,6,8,12-13,15H2,1-4H3,(H,26,27,28,29)/b11-10+. The van der Waals surface area contributed by atoms with Crippen molar-refractivity contribution in [1.29, 1.82) is 0 Å². The Hall–Kier alpha value is -3.55. The minimum absolute atomic E-state index is 0.0536. The second kappa shape index (κ2) is 9.94. The molecule has 4 rings (SSSR count). The number of hydrogen-bond acceptors (Lipinski definition) is 6. The van der Waals surface area contributed by atoms with Crippen LogP contribution in [0.3, 0.4) is 0 Å². The lowest BCUT2D eigenvalue weighted by Gasteiger charge is -2.32. The summed E-state index contributed by atoms with van der Waals surface area (Å²) in [6, 6.07) is 7.81. The summed E-state index contributed by atoms with van der Waals surface area (Å²) in [5.74, 6) is 1.92. The van der Waals surface area contributed by atoms with E-state index in [9.17, 15) is 4.79 Å². The van der Waals surface area contributed by atoms with E-state index in [-0.39, 0.29) is 5.91 Å². The lowest BCUT2D eigenvalue weighted by molar-refractivity contribution is -0.127. The van der Waals surface area contributed by atoms with E-state index in [2.05, 4.69) is 25.4 Å². The third-order valence-corrected chi connectivity index (χ3v) is 6.15.